The molecule has 39 heavy (non-hydrogen) atoms. The van der Waals surface area contributed by atoms with Crippen LogP contribution in [-0.4, -0.2) is 5.78 Å². The number of halogens is 3. The molecule has 0 saturated heterocycles. The summed E-state index contributed by atoms with van der Waals surface area (Å²) in [5.74, 6) is 0.839. The summed E-state index contributed by atoms with van der Waals surface area (Å²) < 4.78 is 47.8. The molecule has 0 N–H and O–H groups in total. The van der Waals surface area contributed by atoms with Crippen molar-refractivity contribution in [1.82, 2.24) is 0 Å². The van der Waals surface area contributed by atoms with E-state index < -0.39 is 17.2 Å². The van der Waals surface area contributed by atoms with Gasteiger partial charge in [0.05, 0.1) is 28.0 Å². The van der Waals surface area contributed by atoms with Crippen LogP contribution in [0.2, 0.25) is 0 Å². The minimum Gasteiger partial charge on any atom is -0.453 e. The highest BCUT2D eigenvalue weighted by atomic mass is 19.4. The quantitative estimate of drug-likeness (QED) is 0.202. The van der Waals surface area contributed by atoms with Gasteiger partial charge in [0.25, 0.3) is 0 Å². The minimum absolute atomic E-state index is 0.0482. The van der Waals surface area contributed by atoms with Crippen molar-refractivity contribution in [3.05, 3.63) is 148 Å². The van der Waals surface area contributed by atoms with Crippen LogP contribution in [0.5, 0.6) is 11.5 Å². The molecule has 6 heteroatoms. The lowest BCUT2D eigenvalue weighted by Crippen LogP contribution is -2.42. The van der Waals surface area contributed by atoms with Crippen LogP contribution in [0.25, 0.3) is 0 Å². The van der Waals surface area contributed by atoms with E-state index in [-0.39, 0.29) is 5.78 Å². The highest BCUT2D eigenvalue weighted by Crippen LogP contribution is 2.64. The molecule has 1 aliphatic carbocycles. The number of para-hydroxylation sites is 2. The fourth-order valence-electron chi connectivity index (χ4n) is 6.60. The average molecular weight is 518 g/mol. The normalized spacial score (nSPS) is 15.5. The number of hydrogen-bond donors (Lipinski definition) is 0. The lowest BCUT2D eigenvalue weighted by Gasteiger charge is -2.50. The molecule has 5 aromatic carbocycles. The summed E-state index contributed by atoms with van der Waals surface area (Å²) in [6.07, 6.45) is -4.51. The number of benzene rings is 5. The highest BCUT2D eigenvalue weighted by Gasteiger charge is 2.53. The zero-order chi connectivity index (χ0) is 26.5. The molecule has 3 aliphatic rings. The maximum atomic E-state index is 13.8. The molecule has 0 unspecified atom stereocenters. The van der Waals surface area contributed by atoms with E-state index in [9.17, 15) is 18.0 Å². The zero-order valence-corrected chi connectivity index (χ0v) is 20.3. The fraction of sp³-hybridized carbons (Fsp3) is 0.0606. The van der Waals surface area contributed by atoms with E-state index in [4.69, 9.17) is 4.74 Å². The summed E-state index contributed by atoms with van der Waals surface area (Å²) >= 11 is 0. The van der Waals surface area contributed by atoms with E-state index in [1.54, 1.807) is 0 Å². The topological polar surface area (TPSA) is 29.5 Å². The van der Waals surface area contributed by atoms with Crippen molar-refractivity contribution in [1.29, 1.82) is 0 Å². The van der Waals surface area contributed by atoms with Gasteiger partial charge in [-0.05, 0) is 52.6 Å². The third-order valence-electron chi connectivity index (χ3n) is 8.07. The van der Waals surface area contributed by atoms with Crippen molar-refractivity contribution >= 4 is 22.8 Å². The van der Waals surface area contributed by atoms with Gasteiger partial charge in [0.1, 0.15) is 0 Å². The Bertz CT molecular complexity index is 1820. The van der Waals surface area contributed by atoms with Crippen molar-refractivity contribution in [2.24, 2.45) is 0 Å². The Morgan fingerprint density at radius 2 is 1.23 bits per heavy atom. The standard InChI is InChI=1S/C33H18F3NO2/c34-33(35,36)19-16-17-28-27(18-19)37-26-14-6-5-12-24(26)32(25-13-7-15-29(39-28)30(25)37)22-10-3-1-8-20(22)31(38)21-9-2-4-11-23(21)32/h1-18H. The first-order valence-electron chi connectivity index (χ1n) is 12.6. The second-order valence-corrected chi connectivity index (χ2v) is 9.96. The summed E-state index contributed by atoms with van der Waals surface area (Å²) in [6.45, 7) is 0. The largest absolute Gasteiger partial charge is 0.453 e. The first-order valence-corrected chi connectivity index (χ1v) is 12.6. The van der Waals surface area contributed by atoms with Crippen LogP contribution < -0.4 is 9.64 Å². The Morgan fingerprint density at radius 3 is 1.92 bits per heavy atom. The third-order valence-corrected chi connectivity index (χ3v) is 8.07. The zero-order valence-electron chi connectivity index (χ0n) is 20.3. The second kappa shape index (κ2) is 7.38. The van der Waals surface area contributed by atoms with E-state index >= 15 is 0 Å². The van der Waals surface area contributed by atoms with Gasteiger partial charge in [-0.1, -0.05) is 78.9 Å². The molecule has 0 bridgehead atoms. The predicted octanol–water partition coefficient (Wildman–Crippen LogP) is 8.52. The van der Waals surface area contributed by atoms with E-state index in [0.29, 0.717) is 34.0 Å². The van der Waals surface area contributed by atoms with E-state index in [1.807, 2.05) is 95.9 Å². The molecule has 0 saturated carbocycles. The van der Waals surface area contributed by atoms with Gasteiger partial charge in [-0.25, -0.2) is 0 Å². The van der Waals surface area contributed by atoms with Crippen molar-refractivity contribution in [3.8, 4) is 11.5 Å². The van der Waals surface area contributed by atoms with E-state index in [1.165, 1.54) is 6.07 Å². The van der Waals surface area contributed by atoms with Crippen LogP contribution >= 0.6 is 0 Å². The highest BCUT2D eigenvalue weighted by molar-refractivity contribution is 6.15. The summed E-state index contributed by atoms with van der Waals surface area (Å²) in [4.78, 5) is 15.6. The van der Waals surface area contributed by atoms with Crippen LogP contribution in [0.15, 0.2) is 109 Å². The van der Waals surface area contributed by atoms with E-state index in [0.717, 1.165) is 40.1 Å². The lowest BCUT2D eigenvalue weighted by molar-refractivity contribution is -0.137. The number of hydrogen-bond acceptors (Lipinski definition) is 3. The van der Waals surface area contributed by atoms with Crippen LogP contribution in [0.3, 0.4) is 0 Å². The number of anilines is 3. The molecule has 1 spiro atoms. The van der Waals surface area contributed by atoms with Crippen molar-refractivity contribution in [2.75, 3.05) is 4.90 Å². The molecule has 8 rings (SSSR count). The van der Waals surface area contributed by atoms with Crippen molar-refractivity contribution in [3.63, 3.8) is 0 Å². The number of ether oxygens (including phenoxy) is 1. The number of alkyl halides is 3. The van der Waals surface area contributed by atoms with Crippen molar-refractivity contribution < 1.29 is 22.7 Å². The Balaban J connectivity index is 1.54. The minimum atomic E-state index is -4.51. The van der Waals surface area contributed by atoms with Gasteiger partial charge in [0.15, 0.2) is 17.3 Å². The van der Waals surface area contributed by atoms with Crippen LogP contribution in [0.1, 0.15) is 43.7 Å². The second-order valence-electron chi connectivity index (χ2n) is 9.96. The predicted molar refractivity (Wildman–Crippen MR) is 142 cm³/mol. The number of carbonyl (C=O) groups is 1. The van der Waals surface area contributed by atoms with Gasteiger partial charge >= 0.3 is 6.18 Å². The molecule has 0 aromatic heterocycles. The Kier molecular flexibility index (Phi) is 4.20. The molecule has 2 aliphatic heterocycles. The Hall–Kier alpha value is -4.84. The summed E-state index contributed by atoms with van der Waals surface area (Å²) in [5, 5.41) is 0. The molecular weight excluding hydrogens is 499 g/mol. The molecule has 5 aromatic rings. The van der Waals surface area contributed by atoms with Gasteiger partial charge in [-0.3, -0.25) is 4.79 Å². The SMILES string of the molecule is O=C1c2ccccc2C2(c3ccccc31)c1ccccc1N1c3cc(C(F)(F)F)ccc3Oc3cccc2c31. The number of ketones is 1. The summed E-state index contributed by atoms with van der Waals surface area (Å²) in [6, 6.07) is 32.3. The van der Waals surface area contributed by atoms with Crippen molar-refractivity contribution in [2.45, 2.75) is 11.6 Å². The molecule has 0 fully saturated rings. The maximum absolute atomic E-state index is 13.8. The molecule has 2 heterocycles. The summed E-state index contributed by atoms with van der Waals surface area (Å²) in [5.41, 5.74) is 4.70. The maximum Gasteiger partial charge on any atom is 0.416 e. The number of fused-ring (bicyclic) bond motifs is 10. The number of nitrogens with zero attached hydrogens (tertiary/aromatic N) is 1. The number of carbonyl (C=O) groups excluding carboxylic acids is 1. The lowest BCUT2D eigenvalue weighted by atomic mass is 9.57. The Morgan fingerprint density at radius 1 is 0.615 bits per heavy atom. The van der Waals surface area contributed by atoms with Gasteiger partial charge in [-0.2, -0.15) is 13.2 Å². The molecule has 3 nitrogen and oxygen atoms in total. The van der Waals surface area contributed by atoms with Crippen LogP contribution in [-0.2, 0) is 11.6 Å². The molecule has 0 amide bonds. The van der Waals surface area contributed by atoms with Gasteiger partial charge in [0, 0.05) is 11.1 Å². The average Bonchev–Trinajstić information content (AvgIpc) is 2.96. The molecular formula is C33H18F3NO2. The molecule has 188 valence electrons. The number of rotatable bonds is 0. The van der Waals surface area contributed by atoms with Gasteiger partial charge in [0.2, 0.25) is 0 Å². The first-order chi connectivity index (χ1) is 18.9. The van der Waals surface area contributed by atoms with Crippen LogP contribution in [0.4, 0.5) is 30.2 Å². The summed E-state index contributed by atoms with van der Waals surface area (Å²) in [7, 11) is 0. The van der Waals surface area contributed by atoms with Gasteiger partial charge in [-0.15, -0.1) is 0 Å². The third kappa shape index (κ3) is 2.70. The van der Waals surface area contributed by atoms with Crippen LogP contribution in [0, 0.1) is 0 Å². The monoisotopic (exact) mass is 517 g/mol. The molecule has 0 radical (unpaired) electrons. The molecule has 0 atom stereocenters. The fourth-order valence-corrected chi connectivity index (χ4v) is 6.60. The van der Waals surface area contributed by atoms with E-state index in [2.05, 4.69) is 0 Å². The smallest absolute Gasteiger partial charge is 0.416 e. The van der Waals surface area contributed by atoms with Gasteiger partial charge < -0.3 is 9.64 Å². The first kappa shape index (κ1) is 22.2. The Labute approximate surface area is 221 Å².